The van der Waals surface area contributed by atoms with Gasteiger partial charge in [-0.2, -0.15) is 4.31 Å². The molecule has 156 valence electrons. The minimum atomic E-state index is -3.79. The molecule has 1 amide bonds. The highest BCUT2D eigenvalue weighted by molar-refractivity contribution is 7.89. The molecular formula is C24H26N2O3S. The highest BCUT2D eigenvalue weighted by Gasteiger charge is 2.25. The molecule has 0 saturated heterocycles. The van der Waals surface area contributed by atoms with Crippen LogP contribution in [0.2, 0.25) is 0 Å². The second kappa shape index (κ2) is 9.24. The lowest BCUT2D eigenvalue weighted by Gasteiger charge is -2.21. The first-order valence-electron chi connectivity index (χ1n) is 9.84. The number of nitrogens with zero attached hydrogens (tertiary/aromatic N) is 1. The van der Waals surface area contributed by atoms with Crippen LogP contribution in [0.15, 0.2) is 77.7 Å². The molecular weight excluding hydrogens is 396 g/mol. The van der Waals surface area contributed by atoms with Crippen molar-refractivity contribution < 1.29 is 13.2 Å². The predicted molar refractivity (Wildman–Crippen MR) is 121 cm³/mol. The van der Waals surface area contributed by atoms with Crippen molar-refractivity contribution in [2.45, 2.75) is 25.7 Å². The number of sulfonamides is 1. The third-order valence-corrected chi connectivity index (χ3v) is 6.95. The van der Waals surface area contributed by atoms with Crippen LogP contribution in [-0.4, -0.2) is 31.7 Å². The van der Waals surface area contributed by atoms with Crippen molar-refractivity contribution in [2.24, 2.45) is 0 Å². The average Bonchev–Trinajstić information content (AvgIpc) is 2.75. The van der Waals surface area contributed by atoms with Gasteiger partial charge in [-0.05, 0) is 48.2 Å². The Kier molecular flexibility index (Phi) is 6.70. The van der Waals surface area contributed by atoms with Crippen LogP contribution < -0.4 is 5.32 Å². The van der Waals surface area contributed by atoms with Crippen molar-refractivity contribution in [2.75, 3.05) is 18.4 Å². The van der Waals surface area contributed by atoms with Gasteiger partial charge in [-0.25, -0.2) is 8.42 Å². The van der Waals surface area contributed by atoms with Crippen LogP contribution in [0.25, 0.3) is 11.1 Å². The molecule has 3 rings (SSSR count). The fourth-order valence-corrected chi connectivity index (χ4v) is 4.72. The molecule has 0 heterocycles. The first-order chi connectivity index (χ1) is 14.3. The number of hydrogen-bond donors (Lipinski definition) is 1. The topological polar surface area (TPSA) is 66.5 Å². The van der Waals surface area contributed by atoms with Crippen molar-refractivity contribution in [3.05, 3.63) is 83.9 Å². The zero-order chi connectivity index (χ0) is 21.7. The van der Waals surface area contributed by atoms with Gasteiger partial charge in [-0.15, -0.1) is 0 Å². The van der Waals surface area contributed by atoms with E-state index in [4.69, 9.17) is 0 Å². The predicted octanol–water partition coefficient (Wildman–Crippen LogP) is 4.62. The summed E-state index contributed by atoms with van der Waals surface area (Å²) in [4.78, 5) is 12.8. The van der Waals surface area contributed by atoms with Gasteiger partial charge in [0.2, 0.25) is 15.9 Å². The van der Waals surface area contributed by atoms with E-state index in [9.17, 15) is 13.2 Å². The van der Waals surface area contributed by atoms with Gasteiger partial charge < -0.3 is 5.32 Å². The number of nitrogens with one attached hydrogen (secondary N) is 1. The number of carbonyl (C=O) groups is 1. The molecule has 0 radical (unpaired) electrons. The van der Waals surface area contributed by atoms with Gasteiger partial charge in [0.1, 0.15) is 0 Å². The standard InChI is InChI=1S/C24H26N2O3S/c1-4-26(17-23(27)25-24-18(2)9-8-10-19(24)3)30(28,29)22-15-13-21(14-16-22)20-11-6-5-7-12-20/h5-16H,4,17H2,1-3H3,(H,25,27). The molecule has 0 aliphatic rings. The SMILES string of the molecule is CCN(CC(=O)Nc1c(C)cccc1C)S(=O)(=O)c1ccc(-c2ccccc2)cc1. The molecule has 0 aromatic heterocycles. The maximum Gasteiger partial charge on any atom is 0.243 e. The summed E-state index contributed by atoms with van der Waals surface area (Å²) in [5.74, 6) is -0.362. The third kappa shape index (κ3) is 4.78. The maximum atomic E-state index is 13.1. The van der Waals surface area contributed by atoms with Crippen LogP contribution >= 0.6 is 0 Å². The fraction of sp³-hybridized carbons (Fsp3) is 0.208. The summed E-state index contributed by atoms with van der Waals surface area (Å²) in [6.45, 7) is 5.49. The van der Waals surface area contributed by atoms with Crippen LogP contribution in [0.5, 0.6) is 0 Å². The van der Waals surface area contributed by atoms with Crippen LogP contribution in [0.3, 0.4) is 0 Å². The van der Waals surface area contributed by atoms with E-state index in [1.54, 1.807) is 31.2 Å². The smallest absolute Gasteiger partial charge is 0.243 e. The Hall–Kier alpha value is -2.96. The van der Waals surface area contributed by atoms with Crippen LogP contribution in [-0.2, 0) is 14.8 Å². The average molecular weight is 423 g/mol. The Balaban J connectivity index is 1.77. The van der Waals surface area contributed by atoms with Gasteiger partial charge in [0, 0.05) is 12.2 Å². The van der Waals surface area contributed by atoms with Gasteiger partial charge in [0.05, 0.1) is 11.4 Å². The minimum Gasteiger partial charge on any atom is -0.324 e. The number of carbonyl (C=O) groups excluding carboxylic acids is 1. The second-order valence-electron chi connectivity index (χ2n) is 7.14. The monoisotopic (exact) mass is 422 g/mol. The number of amides is 1. The van der Waals surface area contributed by atoms with Gasteiger partial charge in [0.25, 0.3) is 0 Å². The molecule has 0 aliphatic carbocycles. The first-order valence-corrected chi connectivity index (χ1v) is 11.3. The van der Waals surface area contributed by atoms with Gasteiger partial charge in [-0.1, -0.05) is 67.6 Å². The maximum absolute atomic E-state index is 13.1. The largest absolute Gasteiger partial charge is 0.324 e. The number of aryl methyl sites for hydroxylation is 2. The number of anilines is 1. The fourth-order valence-electron chi connectivity index (χ4n) is 3.32. The number of likely N-dealkylation sites (N-methyl/N-ethyl adjacent to an activating group) is 1. The van der Waals surface area contributed by atoms with E-state index in [0.717, 1.165) is 27.9 Å². The van der Waals surface area contributed by atoms with Crippen molar-refractivity contribution in [3.8, 4) is 11.1 Å². The lowest BCUT2D eigenvalue weighted by molar-refractivity contribution is -0.116. The van der Waals surface area contributed by atoms with Crippen molar-refractivity contribution in [1.82, 2.24) is 4.31 Å². The third-order valence-electron chi connectivity index (χ3n) is 5.02. The van der Waals surface area contributed by atoms with Gasteiger partial charge in [0.15, 0.2) is 0 Å². The van der Waals surface area contributed by atoms with Gasteiger partial charge >= 0.3 is 0 Å². The molecule has 0 spiro atoms. The number of rotatable bonds is 7. The molecule has 1 N–H and O–H groups in total. The van der Waals surface area contributed by atoms with E-state index in [0.29, 0.717) is 0 Å². The molecule has 30 heavy (non-hydrogen) atoms. The van der Waals surface area contributed by atoms with Crippen LogP contribution in [0.1, 0.15) is 18.1 Å². The molecule has 3 aromatic carbocycles. The summed E-state index contributed by atoms with van der Waals surface area (Å²) in [6.07, 6.45) is 0. The lowest BCUT2D eigenvalue weighted by atomic mass is 10.1. The zero-order valence-corrected chi connectivity index (χ0v) is 18.2. The second-order valence-corrected chi connectivity index (χ2v) is 9.07. The Morgan fingerprint density at radius 2 is 1.40 bits per heavy atom. The summed E-state index contributed by atoms with van der Waals surface area (Å²) in [5.41, 5.74) is 4.55. The number of hydrogen-bond acceptors (Lipinski definition) is 3. The number of para-hydroxylation sites is 1. The molecule has 0 fully saturated rings. The van der Waals surface area contributed by atoms with E-state index in [2.05, 4.69) is 5.32 Å². The summed E-state index contributed by atoms with van der Waals surface area (Å²) in [7, 11) is -3.79. The summed E-state index contributed by atoms with van der Waals surface area (Å²) in [6, 6.07) is 22.2. The van der Waals surface area contributed by atoms with E-state index in [1.165, 1.54) is 4.31 Å². The lowest BCUT2D eigenvalue weighted by Crippen LogP contribution is -2.38. The number of benzene rings is 3. The molecule has 3 aromatic rings. The van der Waals surface area contributed by atoms with E-state index >= 15 is 0 Å². The van der Waals surface area contributed by atoms with E-state index in [-0.39, 0.29) is 23.9 Å². The molecule has 0 aliphatic heterocycles. The quantitative estimate of drug-likeness (QED) is 0.604. The highest BCUT2D eigenvalue weighted by atomic mass is 32.2. The Labute approximate surface area is 178 Å². The minimum absolute atomic E-state index is 0.170. The zero-order valence-electron chi connectivity index (χ0n) is 17.4. The molecule has 0 atom stereocenters. The molecule has 0 saturated carbocycles. The van der Waals surface area contributed by atoms with Crippen LogP contribution in [0.4, 0.5) is 5.69 Å². The van der Waals surface area contributed by atoms with Crippen molar-refractivity contribution >= 4 is 21.6 Å². The summed E-state index contributed by atoms with van der Waals surface area (Å²) < 4.78 is 27.3. The van der Waals surface area contributed by atoms with Crippen molar-refractivity contribution in [3.63, 3.8) is 0 Å². The van der Waals surface area contributed by atoms with Crippen molar-refractivity contribution in [1.29, 1.82) is 0 Å². The normalized spacial score (nSPS) is 11.5. The molecule has 5 nitrogen and oxygen atoms in total. The molecule has 0 unspecified atom stereocenters. The van der Waals surface area contributed by atoms with E-state index < -0.39 is 10.0 Å². The Morgan fingerprint density at radius 3 is 1.97 bits per heavy atom. The first kappa shape index (κ1) is 21.7. The summed E-state index contributed by atoms with van der Waals surface area (Å²) >= 11 is 0. The molecule has 6 heteroatoms. The van der Waals surface area contributed by atoms with E-state index in [1.807, 2.05) is 62.4 Å². The Morgan fingerprint density at radius 1 is 0.833 bits per heavy atom. The highest BCUT2D eigenvalue weighted by Crippen LogP contribution is 2.23. The summed E-state index contributed by atoms with van der Waals surface area (Å²) in [5, 5.41) is 2.85. The molecule has 0 bridgehead atoms. The van der Waals surface area contributed by atoms with Crippen LogP contribution in [0, 0.1) is 13.8 Å². The Bertz CT molecular complexity index is 1100. The van der Waals surface area contributed by atoms with Gasteiger partial charge in [-0.3, -0.25) is 4.79 Å².